The normalized spacial score (nSPS) is 28.9. The van der Waals surface area contributed by atoms with Crippen LogP contribution in [0.25, 0.3) is 0 Å². The van der Waals surface area contributed by atoms with Gasteiger partial charge in [0, 0.05) is 0 Å². The first-order valence-corrected chi connectivity index (χ1v) is 4.98. The molecule has 3 nitrogen and oxygen atoms in total. The molecule has 0 aromatic heterocycles. The molecule has 0 spiro atoms. The molecular weight excluding hydrogens is 168 g/mol. The number of hydrogen-bond donors (Lipinski definition) is 1. The Bertz CT molecular complexity index is 177. The highest BCUT2D eigenvalue weighted by Crippen LogP contribution is 2.25. The van der Waals surface area contributed by atoms with Gasteiger partial charge in [0.15, 0.2) is 0 Å². The summed E-state index contributed by atoms with van der Waals surface area (Å²) in [5.41, 5.74) is 0. The fourth-order valence-electron chi connectivity index (χ4n) is 1.71. The van der Waals surface area contributed by atoms with Crippen LogP contribution in [-0.2, 0) is 9.53 Å². The molecular formula is C10H18O3. The van der Waals surface area contributed by atoms with Gasteiger partial charge in [-0.15, -0.1) is 0 Å². The van der Waals surface area contributed by atoms with Crippen LogP contribution in [-0.4, -0.2) is 23.3 Å². The van der Waals surface area contributed by atoms with E-state index in [1.54, 1.807) is 0 Å². The van der Waals surface area contributed by atoms with Crippen LogP contribution < -0.4 is 0 Å². The van der Waals surface area contributed by atoms with Crippen LogP contribution in [0.5, 0.6) is 0 Å². The Labute approximate surface area is 79.1 Å². The molecule has 0 aromatic carbocycles. The zero-order valence-corrected chi connectivity index (χ0v) is 8.32. The lowest BCUT2D eigenvalue weighted by molar-refractivity contribution is -0.154. The minimum absolute atomic E-state index is 0.0495. The Kier molecular flexibility index (Phi) is 3.72. The first kappa shape index (κ1) is 10.5. The molecule has 0 heterocycles. The number of rotatable bonds is 2. The first-order valence-electron chi connectivity index (χ1n) is 4.98. The van der Waals surface area contributed by atoms with Crippen LogP contribution in [0.3, 0.4) is 0 Å². The Morgan fingerprint density at radius 3 is 2.69 bits per heavy atom. The van der Waals surface area contributed by atoms with Crippen molar-refractivity contribution in [1.29, 1.82) is 0 Å². The second kappa shape index (κ2) is 4.61. The lowest BCUT2D eigenvalue weighted by atomic mass is 9.87. The summed E-state index contributed by atoms with van der Waals surface area (Å²) in [4.78, 5) is 11.4. The maximum Gasteiger partial charge on any atom is 0.309 e. The minimum atomic E-state index is -0.307. The second-order valence-corrected chi connectivity index (χ2v) is 4.00. The Morgan fingerprint density at radius 1 is 1.46 bits per heavy atom. The molecule has 2 atom stereocenters. The first-order chi connectivity index (χ1) is 6.09. The van der Waals surface area contributed by atoms with Crippen molar-refractivity contribution < 1.29 is 14.6 Å². The molecule has 76 valence electrons. The highest BCUT2D eigenvalue weighted by Gasteiger charge is 2.27. The van der Waals surface area contributed by atoms with Crippen LogP contribution in [0.1, 0.15) is 39.5 Å². The van der Waals surface area contributed by atoms with Crippen molar-refractivity contribution in [3.8, 4) is 0 Å². The van der Waals surface area contributed by atoms with Gasteiger partial charge in [-0.2, -0.15) is 0 Å². The molecule has 1 rings (SSSR count). The minimum Gasteiger partial charge on any atom is -0.463 e. The van der Waals surface area contributed by atoms with Gasteiger partial charge in [0.2, 0.25) is 0 Å². The number of hydrogen-bond acceptors (Lipinski definition) is 3. The lowest BCUT2D eigenvalue weighted by Gasteiger charge is -2.24. The predicted molar refractivity (Wildman–Crippen MR) is 49.2 cm³/mol. The van der Waals surface area contributed by atoms with Crippen molar-refractivity contribution >= 4 is 5.97 Å². The number of aliphatic hydroxyl groups is 1. The van der Waals surface area contributed by atoms with E-state index in [2.05, 4.69) is 0 Å². The SMILES string of the molecule is CC(C)OC(=O)[C@@H]1CCCC(O)C1. The number of esters is 1. The molecule has 0 saturated heterocycles. The molecule has 0 amide bonds. The monoisotopic (exact) mass is 186 g/mol. The standard InChI is InChI=1S/C10H18O3/c1-7(2)13-10(12)8-4-3-5-9(11)6-8/h7-9,11H,3-6H2,1-2H3/t8-,9?/m1/s1. The van der Waals surface area contributed by atoms with Crippen molar-refractivity contribution in [3.05, 3.63) is 0 Å². The van der Waals surface area contributed by atoms with Gasteiger partial charge in [0.05, 0.1) is 18.1 Å². The number of carbonyl (C=O) groups excluding carboxylic acids is 1. The third-order valence-corrected chi connectivity index (χ3v) is 2.33. The van der Waals surface area contributed by atoms with Crippen molar-refractivity contribution in [2.24, 2.45) is 5.92 Å². The molecule has 1 N–H and O–H groups in total. The van der Waals surface area contributed by atoms with E-state index in [4.69, 9.17) is 4.74 Å². The van der Waals surface area contributed by atoms with Gasteiger partial charge < -0.3 is 9.84 Å². The van der Waals surface area contributed by atoms with Gasteiger partial charge in [-0.3, -0.25) is 4.79 Å². The van der Waals surface area contributed by atoms with Crippen LogP contribution in [0.15, 0.2) is 0 Å². The lowest BCUT2D eigenvalue weighted by Crippen LogP contribution is -2.28. The van der Waals surface area contributed by atoms with Gasteiger partial charge in [0.1, 0.15) is 0 Å². The molecule has 3 heteroatoms. The van der Waals surface area contributed by atoms with Crippen LogP contribution in [0.4, 0.5) is 0 Å². The molecule has 1 saturated carbocycles. The third kappa shape index (κ3) is 3.35. The zero-order valence-electron chi connectivity index (χ0n) is 8.32. The molecule has 1 aliphatic carbocycles. The highest BCUT2D eigenvalue weighted by atomic mass is 16.5. The Morgan fingerprint density at radius 2 is 2.15 bits per heavy atom. The van der Waals surface area contributed by atoms with Crippen LogP contribution in [0, 0.1) is 5.92 Å². The fourth-order valence-corrected chi connectivity index (χ4v) is 1.71. The maximum absolute atomic E-state index is 11.4. The van der Waals surface area contributed by atoms with E-state index in [0.29, 0.717) is 6.42 Å². The van der Waals surface area contributed by atoms with E-state index in [-0.39, 0.29) is 24.1 Å². The van der Waals surface area contributed by atoms with Crippen molar-refractivity contribution in [2.75, 3.05) is 0 Å². The van der Waals surface area contributed by atoms with E-state index in [0.717, 1.165) is 19.3 Å². The molecule has 0 bridgehead atoms. The van der Waals surface area contributed by atoms with E-state index in [1.165, 1.54) is 0 Å². The van der Waals surface area contributed by atoms with Gasteiger partial charge in [-0.05, 0) is 33.1 Å². The highest BCUT2D eigenvalue weighted by molar-refractivity contribution is 5.72. The molecule has 0 aliphatic heterocycles. The molecule has 0 radical (unpaired) electrons. The summed E-state index contributed by atoms with van der Waals surface area (Å²) < 4.78 is 5.09. The number of aliphatic hydroxyl groups excluding tert-OH is 1. The van der Waals surface area contributed by atoms with Gasteiger partial charge in [-0.1, -0.05) is 6.42 Å². The third-order valence-electron chi connectivity index (χ3n) is 2.33. The van der Waals surface area contributed by atoms with Crippen molar-refractivity contribution in [1.82, 2.24) is 0 Å². The largest absolute Gasteiger partial charge is 0.463 e. The molecule has 13 heavy (non-hydrogen) atoms. The van der Waals surface area contributed by atoms with Gasteiger partial charge >= 0.3 is 5.97 Å². The summed E-state index contributed by atoms with van der Waals surface area (Å²) in [6.07, 6.45) is 2.84. The van der Waals surface area contributed by atoms with E-state index in [9.17, 15) is 9.90 Å². The summed E-state index contributed by atoms with van der Waals surface area (Å²) in [5, 5.41) is 9.35. The van der Waals surface area contributed by atoms with Crippen molar-refractivity contribution in [3.63, 3.8) is 0 Å². The maximum atomic E-state index is 11.4. The van der Waals surface area contributed by atoms with Gasteiger partial charge in [0.25, 0.3) is 0 Å². The Balaban J connectivity index is 2.37. The van der Waals surface area contributed by atoms with Crippen LogP contribution >= 0.6 is 0 Å². The summed E-state index contributed by atoms with van der Waals surface area (Å²) in [5.74, 6) is -0.222. The quantitative estimate of drug-likeness (QED) is 0.664. The smallest absolute Gasteiger partial charge is 0.309 e. The summed E-state index contributed by atoms with van der Waals surface area (Å²) in [6, 6.07) is 0. The van der Waals surface area contributed by atoms with Crippen molar-refractivity contribution in [2.45, 2.75) is 51.7 Å². The number of ether oxygens (including phenoxy) is 1. The fraction of sp³-hybridized carbons (Fsp3) is 0.900. The molecule has 1 aliphatic rings. The van der Waals surface area contributed by atoms with E-state index < -0.39 is 0 Å². The zero-order chi connectivity index (χ0) is 9.84. The summed E-state index contributed by atoms with van der Waals surface area (Å²) >= 11 is 0. The van der Waals surface area contributed by atoms with Gasteiger partial charge in [-0.25, -0.2) is 0 Å². The molecule has 1 fully saturated rings. The predicted octanol–water partition coefficient (Wildman–Crippen LogP) is 1.49. The molecule has 0 aromatic rings. The van der Waals surface area contributed by atoms with E-state index >= 15 is 0 Å². The summed E-state index contributed by atoms with van der Waals surface area (Å²) in [6.45, 7) is 3.69. The van der Waals surface area contributed by atoms with Crippen LogP contribution in [0.2, 0.25) is 0 Å². The second-order valence-electron chi connectivity index (χ2n) is 4.00. The summed E-state index contributed by atoms with van der Waals surface area (Å²) in [7, 11) is 0. The average molecular weight is 186 g/mol. The average Bonchev–Trinajstić information content (AvgIpc) is 2.03. The number of carbonyl (C=O) groups is 1. The topological polar surface area (TPSA) is 46.5 Å². The molecule has 1 unspecified atom stereocenters. The Hall–Kier alpha value is -0.570. The van der Waals surface area contributed by atoms with E-state index in [1.807, 2.05) is 13.8 Å².